The largest absolute Gasteiger partial charge is 0.352 e. The quantitative estimate of drug-likeness (QED) is 0.254. The maximum atomic E-state index is 12.0. The zero-order chi connectivity index (χ0) is 23.2. The number of halogens is 1. The normalized spacial score (nSPS) is 13.7. The third-order valence-corrected chi connectivity index (χ3v) is 6.00. The summed E-state index contributed by atoms with van der Waals surface area (Å²) in [5.74, 6) is 0.974. The van der Waals surface area contributed by atoms with Gasteiger partial charge in [0.2, 0.25) is 5.91 Å². The van der Waals surface area contributed by atoms with E-state index in [2.05, 4.69) is 58.0 Å². The molecule has 3 aromatic rings. The number of hydrogen-bond donors (Lipinski definition) is 2. The number of rotatable bonds is 7. The first kappa shape index (κ1) is 25.7. The van der Waals surface area contributed by atoms with Gasteiger partial charge >= 0.3 is 0 Å². The van der Waals surface area contributed by atoms with Crippen LogP contribution in [-0.4, -0.2) is 40.1 Å². The highest BCUT2D eigenvalue weighted by molar-refractivity contribution is 14.0. The number of nitrogens with one attached hydrogen (secondary N) is 2. The lowest BCUT2D eigenvalue weighted by atomic mass is 10.1. The van der Waals surface area contributed by atoms with E-state index >= 15 is 0 Å². The Hall–Kier alpha value is -2.88. The summed E-state index contributed by atoms with van der Waals surface area (Å²) >= 11 is 0. The van der Waals surface area contributed by atoms with Gasteiger partial charge in [-0.3, -0.25) is 9.79 Å². The maximum Gasteiger partial charge on any atom is 0.222 e. The van der Waals surface area contributed by atoms with Crippen LogP contribution in [0, 0.1) is 13.8 Å². The number of amides is 1. The Labute approximate surface area is 218 Å². The van der Waals surface area contributed by atoms with E-state index in [1.165, 1.54) is 11.1 Å². The number of para-hydroxylation sites is 1. The van der Waals surface area contributed by atoms with Gasteiger partial charge in [-0.05, 0) is 49.1 Å². The van der Waals surface area contributed by atoms with E-state index in [0.717, 1.165) is 41.6 Å². The van der Waals surface area contributed by atoms with Crippen molar-refractivity contribution >= 4 is 35.8 Å². The van der Waals surface area contributed by atoms with Gasteiger partial charge in [0.05, 0.1) is 11.4 Å². The Morgan fingerprint density at radius 1 is 1.00 bits per heavy atom. The number of hydrogen-bond acceptors (Lipinski definition) is 3. The minimum absolute atomic E-state index is 0. The van der Waals surface area contributed by atoms with Gasteiger partial charge in [0.1, 0.15) is 0 Å². The average Bonchev–Trinajstić information content (AvgIpc) is 3.38. The topological polar surface area (TPSA) is 74.6 Å². The molecule has 2 aromatic carbocycles. The maximum absolute atomic E-state index is 12.0. The van der Waals surface area contributed by atoms with Crippen LogP contribution in [0.3, 0.4) is 0 Å². The van der Waals surface area contributed by atoms with Crippen molar-refractivity contribution in [3.05, 3.63) is 82.7 Å². The molecule has 0 aliphatic carbocycles. The highest BCUT2D eigenvalue weighted by atomic mass is 127. The lowest BCUT2D eigenvalue weighted by Gasteiger charge is -2.19. The number of likely N-dealkylation sites (tertiary alicyclic amines) is 1. The van der Waals surface area contributed by atoms with Gasteiger partial charge in [-0.15, -0.1) is 24.0 Å². The number of aliphatic imine (C=N–C) groups is 1. The molecule has 0 bridgehead atoms. The third-order valence-electron chi connectivity index (χ3n) is 6.00. The number of guanidine groups is 1. The molecular formula is C26H33IN6O. The summed E-state index contributed by atoms with van der Waals surface area (Å²) in [5.41, 5.74) is 6.65. The highest BCUT2D eigenvalue weighted by Crippen LogP contribution is 2.18. The molecule has 1 aliphatic heterocycles. The number of nitrogens with zero attached hydrogens (tertiary/aromatic N) is 4. The number of benzene rings is 2. The molecule has 0 radical (unpaired) electrons. The van der Waals surface area contributed by atoms with Crippen LogP contribution in [0.5, 0.6) is 0 Å². The summed E-state index contributed by atoms with van der Waals surface area (Å²) in [4.78, 5) is 18.4. The summed E-state index contributed by atoms with van der Waals surface area (Å²) in [6.45, 7) is 6.85. The number of carbonyl (C=O) groups excluding carboxylic acids is 1. The molecule has 0 spiro atoms. The second kappa shape index (κ2) is 12.0. The van der Waals surface area contributed by atoms with Gasteiger partial charge in [-0.1, -0.05) is 42.5 Å². The molecule has 4 rings (SSSR count). The Morgan fingerprint density at radius 2 is 1.65 bits per heavy atom. The van der Waals surface area contributed by atoms with Crippen molar-refractivity contribution in [3.8, 4) is 5.69 Å². The second-order valence-electron chi connectivity index (χ2n) is 8.43. The van der Waals surface area contributed by atoms with Crippen LogP contribution in [0.2, 0.25) is 0 Å². The van der Waals surface area contributed by atoms with E-state index in [-0.39, 0.29) is 29.9 Å². The second-order valence-corrected chi connectivity index (χ2v) is 8.43. The summed E-state index contributed by atoms with van der Waals surface area (Å²) < 4.78 is 1.98. The molecule has 2 N–H and O–H groups in total. The van der Waals surface area contributed by atoms with Crippen molar-refractivity contribution in [1.29, 1.82) is 0 Å². The fourth-order valence-corrected chi connectivity index (χ4v) is 4.28. The SMILES string of the molecule is CN=C(NCc1ccccc1CN1CCCC1=O)NCc1ccccc1-n1nc(C)cc1C.I. The Balaban J connectivity index is 0.00000324. The Kier molecular flexibility index (Phi) is 9.09. The van der Waals surface area contributed by atoms with Gasteiger partial charge in [0, 0.05) is 45.3 Å². The van der Waals surface area contributed by atoms with Crippen molar-refractivity contribution in [3.63, 3.8) is 0 Å². The molecule has 180 valence electrons. The molecule has 1 saturated heterocycles. The zero-order valence-electron chi connectivity index (χ0n) is 20.0. The standard InChI is InChI=1S/C26H32N6O.HI/c1-19-15-20(2)32(30-19)24-12-7-6-10-22(24)17-29-26(27-3)28-16-21-9-4-5-11-23(21)18-31-14-8-13-25(31)33;/h4-7,9-12,15H,8,13-14,16-18H2,1-3H3,(H2,27,28,29);1H. The highest BCUT2D eigenvalue weighted by Gasteiger charge is 2.20. The molecule has 34 heavy (non-hydrogen) atoms. The molecule has 1 fully saturated rings. The van der Waals surface area contributed by atoms with Gasteiger partial charge in [0.15, 0.2) is 5.96 Å². The molecule has 7 nitrogen and oxygen atoms in total. The molecule has 1 amide bonds. The van der Waals surface area contributed by atoms with Crippen LogP contribution in [-0.2, 0) is 24.4 Å². The zero-order valence-corrected chi connectivity index (χ0v) is 22.4. The van der Waals surface area contributed by atoms with E-state index in [1.807, 2.05) is 40.8 Å². The van der Waals surface area contributed by atoms with Gasteiger partial charge in [-0.25, -0.2) is 4.68 Å². The molecule has 0 saturated carbocycles. The van der Waals surface area contributed by atoms with Gasteiger partial charge in [0.25, 0.3) is 0 Å². The number of aromatic nitrogens is 2. The summed E-state index contributed by atoms with van der Waals surface area (Å²) in [7, 11) is 1.77. The van der Waals surface area contributed by atoms with Crippen molar-refractivity contribution in [2.45, 2.75) is 46.3 Å². The molecule has 0 atom stereocenters. The van der Waals surface area contributed by atoms with Gasteiger partial charge < -0.3 is 15.5 Å². The first-order chi connectivity index (χ1) is 16.0. The van der Waals surface area contributed by atoms with Crippen LogP contribution in [0.15, 0.2) is 59.6 Å². The first-order valence-corrected chi connectivity index (χ1v) is 11.5. The van der Waals surface area contributed by atoms with Crippen LogP contribution in [0.1, 0.15) is 40.9 Å². The van der Waals surface area contributed by atoms with Gasteiger partial charge in [-0.2, -0.15) is 5.10 Å². The van der Waals surface area contributed by atoms with Crippen LogP contribution >= 0.6 is 24.0 Å². The number of carbonyl (C=O) groups is 1. The molecule has 0 unspecified atom stereocenters. The molecule has 8 heteroatoms. The van der Waals surface area contributed by atoms with Crippen molar-refractivity contribution in [2.75, 3.05) is 13.6 Å². The van der Waals surface area contributed by atoms with Crippen LogP contribution < -0.4 is 10.6 Å². The first-order valence-electron chi connectivity index (χ1n) is 11.5. The third kappa shape index (κ3) is 6.16. The molecule has 1 aromatic heterocycles. The minimum Gasteiger partial charge on any atom is -0.352 e. The fourth-order valence-electron chi connectivity index (χ4n) is 4.28. The van der Waals surface area contributed by atoms with E-state index < -0.39 is 0 Å². The average molecular weight is 572 g/mol. The summed E-state index contributed by atoms with van der Waals surface area (Å²) in [5, 5.41) is 11.5. The molecule has 2 heterocycles. The lowest BCUT2D eigenvalue weighted by molar-refractivity contribution is -0.128. The van der Waals surface area contributed by atoms with E-state index in [4.69, 9.17) is 0 Å². The Bertz CT molecular complexity index is 1160. The number of aryl methyl sites for hydroxylation is 2. The van der Waals surface area contributed by atoms with Crippen LogP contribution in [0.4, 0.5) is 0 Å². The molecule has 1 aliphatic rings. The summed E-state index contributed by atoms with van der Waals surface area (Å²) in [6.07, 6.45) is 1.62. The van der Waals surface area contributed by atoms with Crippen molar-refractivity contribution in [1.82, 2.24) is 25.3 Å². The Morgan fingerprint density at radius 3 is 2.26 bits per heavy atom. The predicted octanol–water partition coefficient (Wildman–Crippen LogP) is 4.09. The van der Waals surface area contributed by atoms with Crippen molar-refractivity contribution in [2.24, 2.45) is 4.99 Å². The monoisotopic (exact) mass is 572 g/mol. The van der Waals surface area contributed by atoms with E-state index in [1.54, 1.807) is 7.05 Å². The van der Waals surface area contributed by atoms with Crippen molar-refractivity contribution < 1.29 is 4.79 Å². The molecular weight excluding hydrogens is 539 g/mol. The predicted molar refractivity (Wildman–Crippen MR) is 147 cm³/mol. The van der Waals surface area contributed by atoms with E-state index in [0.29, 0.717) is 26.1 Å². The van der Waals surface area contributed by atoms with Crippen LogP contribution in [0.25, 0.3) is 5.69 Å². The summed E-state index contributed by atoms with van der Waals surface area (Å²) in [6, 6.07) is 18.6. The minimum atomic E-state index is 0. The smallest absolute Gasteiger partial charge is 0.222 e. The van der Waals surface area contributed by atoms with E-state index in [9.17, 15) is 4.79 Å². The fraction of sp³-hybridized carbons (Fsp3) is 0.346. The lowest BCUT2D eigenvalue weighted by Crippen LogP contribution is -2.37.